The minimum absolute atomic E-state index is 0.0804. The van der Waals surface area contributed by atoms with Crippen LogP contribution < -0.4 is 5.32 Å². The smallest absolute Gasteiger partial charge is 0.358 e. The van der Waals surface area contributed by atoms with Gasteiger partial charge in [0.15, 0.2) is 5.69 Å². The molecule has 0 radical (unpaired) electrons. The summed E-state index contributed by atoms with van der Waals surface area (Å²) in [5, 5.41) is 18.8. The van der Waals surface area contributed by atoms with Crippen molar-refractivity contribution in [3.63, 3.8) is 0 Å². The average Bonchev–Trinajstić information content (AvgIpc) is 2.71. The summed E-state index contributed by atoms with van der Waals surface area (Å²) in [4.78, 5) is 22.5. The zero-order valence-electron chi connectivity index (χ0n) is 10.3. The lowest BCUT2D eigenvalue weighted by Gasteiger charge is -2.15. The van der Waals surface area contributed by atoms with Crippen molar-refractivity contribution in [2.75, 3.05) is 7.05 Å². The van der Waals surface area contributed by atoms with Crippen LogP contribution in [0.4, 0.5) is 0 Å². The Bertz CT molecular complexity index is 439. The van der Waals surface area contributed by atoms with Gasteiger partial charge in [-0.15, -0.1) is 5.10 Å². The third-order valence-electron chi connectivity index (χ3n) is 2.47. The van der Waals surface area contributed by atoms with E-state index in [9.17, 15) is 9.59 Å². The normalized spacial score (nSPS) is 12.5. The van der Waals surface area contributed by atoms with E-state index in [0.717, 1.165) is 0 Å². The maximum absolute atomic E-state index is 11.5. The van der Waals surface area contributed by atoms with Gasteiger partial charge in [0.25, 0.3) is 0 Å². The van der Waals surface area contributed by atoms with E-state index in [-0.39, 0.29) is 17.5 Å². The van der Waals surface area contributed by atoms with E-state index < -0.39 is 12.0 Å². The molecule has 0 fully saturated rings. The topological polar surface area (TPSA) is 97.1 Å². The van der Waals surface area contributed by atoms with Crippen molar-refractivity contribution < 1.29 is 14.7 Å². The molecule has 0 saturated carbocycles. The zero-order valence-corrected chi connectivity index (χ0v) is 10.3. The lowest BCUT2D eigenvalue weighted by molar-refractivity contribution is -0.123. The second-order valence-electron chi connectivity index (χ2n) is 4.02. The number of nitrogens with one attached hydrogen (secondary N) is 1. The molecule has 7 nitrogen and oxygen atoms in total. The third-order valence-corrected chi connectivity index (χ3v) is 2.47. The second kappa shape index (κ2) is 4.94. The molecule has 0 aliphatic heterocycles. The Balaban J connectivity index is 3.25. The summed E-state index contributed by atoms with van der Waals surface area (Å²) in [5.74, 6) is -1.46. The number of likely N-dealkylation sites (N-methyl/N-ethyl adjacent to an activating group) is 1. The van der Waals surface area contributed by atoms with E-state index in [1.165, 1.54) is 11.7 Å². The van der Waals surface area contributed by atoms with Gasteiger partial charge in [0.2, 0.25) is 5.91 Å². The summed E-state index contributed by atoms with van der Waals surface area (Å²) in [6.07, 6.45) is 0. The van der Waals surface area contributed by atoms with Crippen LogP contribution in [0.1, 0.15) is 48.9 Å². The minimum atomic E-state index is -1.14. The summed E-state index contributed by atoms with van der Waals surface area (Å²) in [7, 11) is 1.52. The Morgan fingerprint density at radius 3 is 2.35 bits per heavy atom. The summed E-state index contributed by atoms with van der Waals surface area (Å²) in [6, 6.07) is -0.585. The Morgan fingerprint density at radius 2 is 1.94 bits per heavy atom. The molecule has 1 unspecified atom stereocenters. The van der Waals surface area contributed by atoms with Crippen LogP contribution in [0.15, 0.2) is 0 Å². The van der Waals surface area contributed by atoms with Crippen LogP contribution in [0.2, 0.25) is 0 Å². The number of carbonyl (C=O) groups is 2. The van der Waals surface area contributed by atoms with Crippen molar-refractivity contribution in [1.29, 1.82) is 0 Å². The van der Waals surface area contributed by atoms with Gasteiger partial charge in [-0.2, -0.15) is 0 Å². The average molecular weight is 240 g/mol. The van der Waals surface area contributed by atoms with Crippen molar-refractivity contribution in [2.24, 2.45) is 0 Å². The SMILES string of the molecule is CNC(=O)C(C)n1nnc(C(=O)O)c1C(C)C. The summed E-state index contributed by atoms with van der Waals surface area (Å²) in [5.41, 5.74) is 0.351. The highest BCUT2D eigenvalue weighted by molar-refractivity contribution is 5.87. The van der Waals surface area contributed by atoms with Crippen molar-refractivity contribution in [3.05, 3.63) is 11.4 Å². The molecular formula is C10H16N4O3. The molecule has 1 aromatic rings. The van der Waals surface area contributed by atoms with Gasteiger partial charge in [-0.25, -0.2) is 9.48 Å². The van der Waals surface area contributed by atoms with Crippen LogP contribution in [0.3, 0.4) is 0 Å². The molecule has 17 heavy (non-hydrogen) atoms. The monoisotopic (exact) mass is 240 g/mol. The number of aromatic nitrogens is 3. The van der Waals surface area contributed by atoms with Gasteiger partial charge in [0, 0.05) is 7.05 Å². The molecule has 0 spiro atoms. The highest BCUT2D eigenvalue weighted by atomic mass is 16.4. The number of nitrogens with zero attached hydrogens (tertiary/aromatic N) is 3. The second-order valence-corrected chi connectivity index (χ2v) is 4.02. The van der Waals surface area contributed by atoms with E-state index in [4.69, 9.17) is 5.11 Å². The van der Waals surface area contributed by atoms with Crippen molar-refractivity contribution in [3.8, 4) is 0 Å². The number of carboxylic acids is 1. The third kappa shape index (κ3) is 2.43. The molecule has 0 saturated heterocycles. The minimum Gasteiger partial charge on any atom is -0.476 e. The van der Waals surface area contributed by atoms with E-state index in [1.54, 1.807) is 6.92 Å². The molecule has 1 atom stereocenters. The zero-order chi connectivity index (χ0) is 13.2. The van der Waals surface area contributed by atoms with E-state index >= 15 is 0 Å². The highest BCUT2D eigenvalue weighted by Crippen LogP contribution is 2.21. The molecule has 0 aromatic carbocycles. The molecular weight excluding hydrogens is 224 g/mol. The number of carbonyl (C=O) groups excluding carboxylic acids is 1. The first-order chi connectivity index (χ1) is 7.90. The predicted molar refractivity (Wildman–Crippen MR) is 59.8 cm³/mol. The maximum atomic E-state index is 11.5. The Labute approximate surface area is 98.8 Å². The van der Waals surface area contributed by atoms with Crippen molar-refractivity contribution >= 4 is 11.9 Å². The summed E-state index contributed by atoms with van der Waals surface area (Å²) >= 11 is 0. The largest absolute Gasteiger partial charge is 0.476 e. The Morgan fingerprint density at radius 1 is 1.35 bits per heavy atom. The summed E-state index contributed by atoms with van der Waals surface area (Å²) < 4.78 is 1.35. The number of carboxylic acid groups (broad SMARTS) is 1. The van der Waals surface area contributed by atoms with Crippen molar-refractivity contribution in [2.45, 2.75) is 32.7 Å². The molecule has 0 aliphatic rings. The van der Waals surface area contributed by atoms with Gasteiger partial charge in [-0.1, -0.05) is 19.1 Å². The fourth-order valence-corrected chi connectivity index (χ4v) is 1.60. The lowest BCUT2D eigenvalue weighted by atomic mass is 10.1. The van der Waals surface area contributed by atoms with Crippen LogP contribution in [-0.4, -0.2) is 39.0 Å². The Kier molecular flexibility index (Phi) is 3.82. The molecule has 1 heterocycles. The highest BCUT2D eigenvalue weighted by Gasteiger charge is 2.26. The molecule has 94 valence electrons. The number of hydrogen-bond acceptors (Lipinski definition) is 4. The molecule has 1 rings (SSSR count). The molecule has 1 amide bonds. The predicted octanol–water partition coefficient (Wildman–Crippen LogP) is 0.407. The summed E-state index contributed by atoms with van der Waals surface area (Å²) in [6.45, 7) is 5.31. The number of amides is 1. The van der Waals surface area contributed by atoms with E-state index in [2.05, 4.69) is 15.6 Å². The fraction of sp³-hybridized carbons (Fsp3) is 0.600. The number of aromatic carboxylic acids is 1. The van der Waals surface area contributed by atoms with Crippen LogP contribution >= 0.6 is 0 Å². The van der Waals surface area contributed by atoms with E-state index in [1.807, 2.05) is 13.8 Å². The van der Waals surface area contributed by atoms with Gasteiger partial charge < -0.3 is 10.4 Å². The quantitative estimate of drug-likeness (QED) is 0.794. The Hall–Kier alpha value is -1.92. The van der Waals surface area contributed by atoms with E-state index in [0.29, 0.717) is 5.69 Å². The van der Waals surface area contributed by atoms with Gasteiger partial charge >= 0.3 is 5.97 Å². The first-order valence-corrected chi connectivity index (χ1v) is 5.30. The molecule has 0 bridgehead atoms. The van der Waals surface area contributed by atoms with Gasteiger partial charge in [0.1, 0.15) is 6.04 Å². The molecule has 1 aromatic heterocycles. The first kappa shape index (κ1) is 13.1. The molecule has 2 N–H and O–H groups in total. The standard InChI is InChI=1S/C10H16N4O3/c1-5(2)8-7(10(16)17)12-13-14(8)6(3)9(15)11-4/h5-6H,1-4H3,(H,11,15)(H,16,17). The van der Waals surface area contributed by atoms with Crippen LogP contribution in [0.5, 0.6) is 0 Å². The van der Waals surface area contributed by atoms with Gasteiger partial charge in [-0.05, 0) is 12.8 Å². The fourth-order valence-electron chi connectivity index (χ4n) is 1.60. The van der Waals surface area contributed by atoms with Crippen LogP contribution in [0.25, 0.3) is 0 Å². The first-order valence-electron chi connectivity index (χ1n) is 5.30. The maximum Gasteiger partial charge on any atom is 0.358 e. The van der Waals surface area contributed by atoms with Gasteiger partial charge in [0.05, 0.1) is 5.69 Å². The van der Waals surface area contributed by atoms with Crippen molar-refractivity contribution in [1.82, 2.24) is 20.3 Å². The number of rotatable bonds is 4. The number of hydrogen-bond donors (Lipinski definition) is 2. The lowest BCUT2D eigenvalue weighted by Crippen LogP contribution is -2.29. The van der Waals surface area contributed by atoms with Crippen LogP contribution in [0, 0.1) is 0 Å². The van der Waals surface area contributed by atoms with Crippen LogP contribution in [-0.2, 0) is 4.79 Å². The molecule has 0 aliphatic carbocycles. The molecule has 7 heteroatoms. The van der Waals surface area contributed by atoms with Gasteiger partial charge in [-0.3, -0.25) is 4.79 Å².